The van der Waals surface area contributed by atoms with Gasteiger partial charge in [0.1, 0.15) is 5.82 Å². The number of imidazole rings is 1. The van der Waals surface area contributed by atoms with Crippen molar-refractivity contribution in [2.45, 2.75) is 18.8 Å². The van der Waals surface area contributed by atoms with E-state index in [0.717, 1.165) is 43.3 Å². The molecule has 1 saturated carbocycles. The summed E-state index contributed by atoms with van der Waals surface area (Å²) in [6.45, 7) is 0. The second-order valence-electron chi connectivity index (χ2n) is 7.19. The zero-order valence-electron chi connectivity index (χ0n) is 15.2. The van der Waals surface area contributed by atoms with Crippen molar-refractivity contribution in [3.05, 3.63) is 48.4 Å². The molecule has 0 saturated heterocycles. The van der Waals surface area contributed by atoms with Gasteiger partial charge < -0.3 is 9.88 Å². The Kier molecular flexibility index (Phi) is 3.30. The fourth-order valence-corrected chi connectivity index (χ4v) is 4.43. The van der Waals surface area contributed by atoms with Gasteiger partial charge in [-0.1, -0.05) is 17.4 Å². The number of aromatic nitrogens is 6. The van der Waals surface area contributed by atoms with Crippen LogP contribution in [0, 0.1) is 0 Å². The largest absolute Gasteiger partial charge is 0.331 e. The van der Waals surface area contributed by atoms with E-state index in [2.05, 4.69) is 55.5 Å². The lowest BCUT2D eigenvalue weighted by Gasteiger charge is -2.01. The van der Waals surface area contributed by atoms with Crippen LogP contribution in [0.4, 0.5) is 10.8 Å². The minimum Gasteiger partial charge on any atom is -0.331 e. The average Bonchev–Trinajstić information content (AvgIpc) is 3.11. The lowest BCUT2D eigenvalue weighted by Crippen LogP contribution is -1.94. The summed E-state index contributed by atoms with van der Waals surface area (Å²) in [6, 6.07) is 12.3. The maximum Gasteiger partial charge on any atom is 0.210 e. The summed E-state index contributed by atoms with van der Waals surface area (Å²) in [6.07, 6.45) is 4.28. The van der Waals surface area contributed by atoms with Gasteiger partial charge in [-0.25, -0.2) is 4.98 Å². The molecule has 2 aromatic carbocycles. The van der Waals surface area contributed by atoms with Crippen LogP contribution >= 0.6 is 11.3 Å². The zero-order chi connectivity index (χ0) is 18.7. The minimum absolute atomic E-state index is 0.606. The maximum atomic E-state index is 4.94. The quantitative estimate of drug-likeness (QED) is 0.471. The van der Waals surface area contributed by atoms with Gasteiger partial charge in [-0.3, -0.25) is 5.10 Å². The molecule has 3 aromatic heterocycles. The first kappa shape index (κ1) is 15.8. The van der Waals surface area contributed by atoms with Gasteiger partial charge >= 0.3 is 0 Å². The number of fused-ring (bicyclic) bond motifs is 2. The van der Waals surface area contributed by atoms with Crippen LogP contribution in [0.2, 0.25) is 0 Å². The van der Waals surface area contributed by atoms with E-state index < -0.39 is 0 Å². The maximum absolute atomic E-state index is 4.94. The van der Waals surface area contributed by atoms with E-state index in [1.807, 2.05) is 24.4 Å². The zero-order valence-corrected chi connectivity index (χ0v) is 16.0. The van der Waals surface area contributed by atoms with Crippen LogP contribution in [0.25, 0.3) is 32.5 Å². The summed E-state index contributed by atoms with van der Waals surface area (Å²) < 4.78 is 2.22. The summed E-state index contributed by atoms with van der Waals surface area (Å²) in [7, 11) is 2.10. The fourth-order valence-electron chi connectivity index (χ4n) is 3.64. The number of aryl methyl sites for hydroxylation is 1. The van der Waals surface area contributed by atoms with Crippen molar-refractivity contribution in [2.75, 3.05) is 5.32 Å². The molecular formula is C20H17N7S. The number of rotatable bonds is 4. The molecule has 0 aliphatic heterocycles. The number of anilines is 2. The molecule has 0 unspecified atom stereocenters. The Morgan fingerprint density at radius 2 is 2.11 bits per heavy atom. The molecule has 0 atom stereocenters. The first-order chi connectivity index (χ1) is 13.8. The molecule has 0 bridgehead atoms. The van der Waals surface area contributed by atoms with Gasteiger partial charge in [0.2, 0.25) is 5.13 Å². The average molecular weight is 387 g/mol. The summed E-state index contributed by atoms with van der Waals surface area (Å²) in [4.78, 5) is 4.94. The van der Waals surface area contributed by atoms with E-state index in [-0.39, 0.29) is 0 Å². The molecule has 8 heteroatoms. The van der Waals surface area contributed by atoms with Gasteiger partial charge in [-0.2, -0.15) is 5.10 Å². The number of benzene rings is 2. The lowest BCUT2D eigenvalue weighted by atomic mass is 10.2. The van der Waals surface area contributed by atoms with Gasteiger partial charge in [0.05, 0.1) is 22.7 Å². The van der Waals surface area contributed by atoms with Crippen LogP contribution in [-0.4, -0.2) is 29.9 Å². The van der Waals surface area contributed by atoms with Crippen molar-refractivity contribution in [3.8, 4) is 10.6 Å². The van der Waals surface area contributed by atoms with Crippen molar-refractivity contribution in [1.29, 1.82) is 0 Å². The Morgan fingerprint density at radius 1 is 1.18 bits per heavy atom. The highest BCUT2D eigenvalue weighted by Gasteiger charge is 2.29. The van der Waals surface area contributed by atoms with E-state index in [1.54, 1.807) is 0 Å². The molecule has 1 aliphatic carbocycles. The molecule has 0 amide bonds. The third-order valence-corrected chi connectivity index (χ3v) is 6.11. The van der Waals surface area contributed by atoms with E-state index >= 15 is 0 Å². The second kappa shape index (κ2) is 5.87. The number of para-hydroxylation sites is 1. The number of H-pyrrole nitrogens is 1. The van der Waals surface area contributed by atoms with Crippen LogP contribution in [0.5, 0.6) is 0 Å². The number of nitrogens with zero attached hydrogens (tertiary/aromatic N) is 5. The summed E-state index contributed by atoms with van der Waals surface area (Å²) in [5.41, 5.74) is 5.17. The van der Waals surface area contributed by atoms with Gasteiger partial charge in [0.25, 0.3) is 0 Å². The molecule has 0 radical (unpaired) electrons. The third-order valence-electron chi connectivity index (χ3n) is 5.24. The predicted octanol–water partition coefficient (Wildman–Crippen LogP) is 4.59. The van der Waals surface area contributed by atoms with Crippen molar-refractivity contribution in [3.63, 3.8) is 0 Å². The van der Waals surface area contributed by atoms with Crippen molar-refractivity contribution in [1.82, 2.24) is 29.9 Å². The summed E-state index contributed by atoms with van der Waals surface area (Å²) in [5, 5.41) is 21.8. The number of nitrogens with one attached hydrogen (secondary N) is 2. The Bertz CT molecular complexity index is 1330. The molecule has 1 aliphatic rings. The molecular weight excluding hydrogens is 370 g/mol. The Morgan fingerprint density at radius 3 is 3.00 bits per heavy atom. The third kappa shape index (κ3) is 2.49. The fraction of sp³-hybridized carbons (Fsp3) is 0.200. The van der Waals surface area contributed by atoms with Crippen molar-refractivity contribution >= 4 is 44.1 Å². The molecule has 7 nitrogen and oxygen atoms in total. The topological polar surface area (TPSA) is 84.3 Å². The first-order valence-corrected chi connectivity index (χ1v) is 10.1. The molecule has 5 aromatic rings. The normalized spacial score (nSPS) is 14.2. The summed E-state index contributed by atoms with van der Waals surface area (Å²) in [5.74, 6) is 1.79. The molecule has 28 heavy (non-hydrogen) atoms. The summed E-state index contributed by atoms with van der Waals surface area (Å²) >= 11 is 1.54. The highest BCUT2D eigenvalue weighted by molar-refractivity contribution is 7.18. The highest BCUT2D eigenvalue weighted by atomic mass is 32.1. The van der Waals surface area contributed by atoms with E-state index in [0.29, 0.717) is 5.92 Å². The SMILES string of the molecule is Cn1c(C2CC2)nc2c(-c3nnc(Nc4ccc5[nH]ncc5c4)s3)cccc21. The van der Waals surface area contributed by atoms with Crippen LogP contribution in [0.1, 0.15) is 24.6 Å². The van der Waals surface area contributed by atoms with Crippen LogP contribution < -0.4 is 5.32 Å². The van der Waals surface area contributed by atoms with Crippen LogP contribution in [0.15, 0.2) is 42.6 Å². The standard InChI is InChI=1S/C20H17N7S/c1-27-16-4-2-3-14(17(16)23-18(27)11-5-6-11)19-25-26-20(28-19)22-13-7-8-15-12(9-13)10-21-24-15/h2-4,7-11H,5-6H2,1H3,(H,21,24)(H,22,26). The molecule has 1 fully saturated rings. The monoisotopic (exact) mass is 387 g/mol. The van der Waals surface area contributed by atoms with E-state index in [1.165, 1.54) is 30.0 Å². The van der Waals surface area contributed by atoms with Gasteiger partial charge in [-0.15, -0.1) is 10.2 Å². The molecule has 0 spiro atoms. The van der Waals surface area contributed by atoms with Gasteiger partial charge in [-0.05, 0) is 43.2 Å². The van der Waals surface area contributed by atoms with Crippen LogP contribution in [0.3, 0.4) is 0 Å². The number of aromatic amines is 1. The predicted molar refractivity (Wildman–Crippen MR) is 111 cm³/mol. The minimum atomic E-state index is 0.606. The molecule has 138 valence electrons. The van der Waals surface area contributed by atoms with Crippen molar-refractivity contribution < 1.29 is 0 Å². The van der Waals surface area contributed by atoms with Crippen molar-refractivity contribution in [2.24, 2.45) is 7.05 Å². The van der Waals surface area contributed by atoms with Gasteiger partial charge in [0.15, 0.2) is 5.01 Å². The molecule has 3 heterocycles. The molecule has 2 N–H and O–H groups in total. The van der Waals surface area contributed by atoms with E-state index in [4.69, 9.17) is 4.98 Å². The van der Waals surface area contributed by atoms with Crippen LogP contribution in [-0.2, 0) is 7.05 Å². The Hall–Kier alpha value is -3.26. The first-order valence-electron chi connectivity index (χ1n) is 9.25. The molecule has 6 rings (SSSR count). The van der Waals surface area contributed by atoms with E-state index in [9.17, 15) is 0 Å². The Balaban J connectivity index is 1.36. The number of hydrogen-bond acceptors (Lipinski definition) is 6. The lowest BCUT2D eigenvalue weighted by molar-refractivity contribution is 0.820. The highest BCUT2D eigenvalue weighted by Crippen LogP contribution is 2.42. The second-order valence-corrected chi connectivity index (χ2v) is 8.16. The Labute approximate surface area is 164 Å². The van der Waals surface area contributed by atoms with Gasteiger partial charge in [0, 0.05) is 29.6 Å². The smallest absolute Gasteiger partial charge is 0.210 e. The number of hydrogen-bond donors (Lipinski definition) is 2.